The van der Waals surface area contributed by atoms with Crippen molar-refractivity contribution in [2.75, 3.05) is 19.6 Å². The van der Waals surface area contributed by atoms with Gasteiger partial charge in [-0.05, 0) is 43.4 Å². The number of hydrogen-bond acceptors (Lipinski definition) is 3. The standard InChI is InChI=1S/C14H19BrN2O2/c15-13-6-4-12(5-7-13)8-9-16-19-14(18)17-10-2-1-3-11-17/h4-7,16H,1-3,8-11H2. The third-order valence-corrected chi connectivity index (χ3v) is 3.73. The number of nitrogens with one attached hydrogen (secondary N) is 1. The van der Waals surface area contributed by atoms with Gasteiger partial charge >= 0.3 is 6.09 Å². The topological polar surface area (TPSA) is 41.6 Å². The fourth-order valence-electron chi connectivity index (χ4n) is 2.10. The number of carbonyl (C=O) groups excluding carboxylic acids is 1. The third kappa shape index (κ3) is 4.84. The molecule has 1 aliphatic rings. The predicted molar refractivity (Wildman–Crippen MR) is 77.8 cm³/mol. The largest absolute Gasteiger partial charge is 0.428 e. The Labute approximate surface area is 122 Å². The van der Waals surface area contributed by atoms with Crippen molar-refractivity contribution in [1.82, 2.24) is 10.4 Å². The monoisotopic (exact) mass is 326 g/mol. The first-order valence-electron chi connectivity index (χ1n) is 6.69. The van der Waals surface area contributed by atoms with Gasteiger partial charge in [0.1, 0.15) is 0 Å². The van der Waals surface area contributed by atoms with Crippen LogP contribution in [-0.4, -0.2) is 30.6 Å². The maximum Gasteiger partial charge on any atom is 0.428 e. The van der Waals surface area contributed by atoms with Gasteiger partial charge in [-0.1, -0.05) is 28.1 Å². The van der Waals surface area contributed by atoms with Crippen LogP contribution in [0.2, 0.25) is 0 Å². The van der Waals surface area contributed by atoms with Crippen LogP contribution in [0.1, 0.15) is 24.8 Å². The summed E-state index contributed by atoms with van der Waals surface area (Å²) in [5.41, 5.74) is 3.96. The van der Waals surface area contributed by atoms with E-state index in [1.165, 1.54) is 12.0 Å². The Morgan fingerprint density at radius 2 is 1.89 bits per heavy atom. The average molecular weight is 327 g/mol. The Morgan fingerprint density at radius 3 is 2.58 bits per heavy atom. The van der Waals surface area contributed by atoms with Gasteiger partial charge in [0, 0.05) is 24.1 Å². The zero-order chi connectivity index (χ0) is 13.5. The minimum absolute atomic E-state index is 0.254. The maximum atomic E-state index is 11.7. The van der Waals surface area contributed by atoms with Crippen LogP contribution in [0.3, 0.4) is 0 Å². The number of benzene rings is 1. The molecule has 0 radical (unpaired) electrons. The highest BCUT2D eigenvalue weighted by atomic mass is 79.9. The second-order valence-corrected chi connectivity index (χ2v) is 5.60. The summed E-state index contributed by atoms with van der Waals surface area (Å²) in [7, 11) is 0. The van der Waals surface area contributed by atoms with Crippen molar-refractivity contribution in [3.8, 4) is 0 Å². The molecule has 5 heteroatoms. The molecular formula is C14H19BrN2O2. The molecule has 1 heterocycles. The number of likely N-dealkylation sites (tertiary alicyclic amines) is 1. The lowest BCUT2D eigenvalue weighted by molar-refractivity contribution is 0.0509. The van der Waals surface area contributed by atoms with Crippen molar-refractivity contribution in [1.29, 1.82) is 0 Å². The molecule has 1 aromatic carbocycles. The number of rotatable bonds is 4. The molecule has 0 aromatic heterocycles. The fourth-order valence-corrected chi connectivity index (χ4v) is 2.36. The Balaban J connectivity index is 1.63. The van der Waals surface area contributed by atoms with E-state index in [-0.39, 0.29) is 6.09 Å². The van der Waals surface area contributed by atoms with E-state index in [1.807, 2.05) is 12.1 Å². The van der Waals surface area contributed by atoms with Crippen LogP contribution < -0.4 is 5.48 Å². The summed E-state index contributed by atoms with van der Waals surface area (Å²) in [5.74, 6) is 0. The van der Waals surface area contributed by atoms with Gasteiger partial charge in [-0.15, -0.1) is 0 Å². The van der Waals surface area contributed by atoms with Crippen LogP contribution in [0.5, 0.6) is 0 Å². The van der Waals surface area contributed by atoms with Crippen molar-refractivity contribution in [2.45, 2.75) is 25.7 Å². The normalized spacial score (nSPS) is 15.3. The van der Waals surface area contributed by atoms with Gasteiger partial charge < -0.3 is 9.74 Å². The van der Waals surface area contributed by atoms with Crippen LogP contribution in [0.25, 0.3) is 0 Å². The first kappa shape index (κ1) is 14.3. The van der Waals surface area contributed by atoms with E-state index < -0.39 is 0 Å². The molecule has 104 valence electrons. The lowest BCUT2D eigenvalue weighted by atomic mass is 10.1. The molecule has 19 heavy (non-hydrogen) atoms. The summed E-state index contributed by atoms with van der Waals surface area (Å²) >= 11 is 3.40. The number of carbonyl (C=O) groups is 1. The number of halogens is 1. The van der Waals surface area contributed by atoms with Gasteiger partial charge in [0.2, 0.25) is 0 Å². The molecule has 1 fully saturated rings. The van der Waals surface area contributed by atoms with E-state index in [4.69, 9.17) is 4.84 Å². The van der Waals surface area contributed by atoms with Crippen molar-refractivity contribution in [3.05, 3.63) is 34.3 Å². The first-order chi connectivity index (χ1) is 9.25. The number of nitrogens with zero attached hydrogens (tertiary/aromatic N) is 1. The van der Waals surface area contributed by atoms with E-state index >= 15 is 0 Å². The van der Waals surface area contributed by atoms with Crippen molar-refractivity contribution >= 4 is 22.0 Å². The highest BCUT2D eigenvalue weighted by Gasteiger charge is 2.17. The molecule has 1 aliphatic heterocycles. The van der Waals surface area contributed by atoms with E-state index in [1.54, 1.807) is 4.90 Å². The zero-order valence-corrected chi connectivity index (χ0v) is 12.5. The lowest BCUT2D eigenvalue weighted by Gasteiger charge is -2.25. The van der Waals surface area contributed by atoms with E-state index in [0.29, 0.717) is 6.54 Å². The molecule has 2 rings (SSSR count). The predicted octanol–water partition coefficient (Wildman–Crippen LogP) is 3.12. The Bertz CT molecular complexity index is 402. The Morgan fingerprint density at radius 1 is 1.21 bits per heavy atom. The molecule has 1 saturated heterocycles. The van der Waals surface area contributed by atoms with Gasteiger partial charge in [-0.3, -0.25) is 0 Å². The summed E-state index contributed by atoms with van der Waals surface area (Å²) in [6.45, 7) is 2.25. The number of amides is 1. The van der Waals surface area contributed by atoms with E-state index in [0.717, 1.165) is 36.8 Å². The number of hydrogen-bond donors (Lipinski definition) is 1. The second kappa shape index (κ2) is 7.50. The Kier molecular flexibility index (Phi) is 5.66. The Hall–Kier alpha value is -1.07. The fraction of sp³-hybridized carbons (Fsp3) is 0.500. The quantitative estimate of drug-likeness (QED) is 0.682. The average Bonchev–Trinajstić information content (AvgIpc) is 2.46. The SMILES string of the molecule is O=C(ONCCc1ccc(Br)cc1)N1CCCCC1. The third-order valence-electron chi connectivity index (χ3n) is 3.20. The smallest absolute Gasteiger partial charge is 0.354 e. The minimum Gasteiger partial charge on any atom is -0.354 e. The molecule has 1 aromatic rings. The van der Waals surface area contributed by atoms with E-state index in [2.05, 4.69) is 33.5 Å². The molecular weight excluding hydrogens is 308 g/mol. The second-order valence-electron chi connectivity index (χ2n) is 4.69. The molecule has 0 unspecified atom stereocenters. The molecule has 0 saturated carbocycles. The summed E-state index contributed by atoms with van der Waals surface area (Å²) in [6, 6.07) is 8.13. The molecule has 1 N–H and O–H groups in total. The molecule has 0 aliphatic carbocycles. The molecule has 4 nitrogen and oxygen atoms in total. The molecule has 0 atom stereocenters. The summed E-state index contributed by atoms with van der Waals surface area (Å²) in [4.78, 5) is 18.5. The van der Waals surface area contributed by atoms with Crippen LogP contribution in [0.4, 0.5) is 4.79 Å². The van der Waals surface area contributed by atoms with E-state index in [9.17, 15) is 4.79 Å². The molecule has 0 bridgehead atoms. The van der Waals surface area contributed by atoms with Gasteiger partial charge in [0.15, 0.2) is 0 Å². The highest BCUT2D eigenvalue weighted by molar-refractivity contribution is 9.10. The minimum atomic E-state index is -0.254. The summed E-state index contributed by atoms with van der Waals surface area (Å²) in [6.07, 6.45) is 3.94. The van der Waals surface area contributed by atoms with Gasteiger partial charge in [0.25, 0.3) is 0 Å². The number of piperidine rings is 1. The van der Waals surface area contributed by atoms with Crippen molar-refractivity contribution < 1.29 is 9.63 Å². The lowest BCUT2D eigenvalue weighted by Crippen LogP contribution is -2.39. The van der Waals surface area contributed by atoms with Crippen LogP contribution in [-0.2, 0) is 11.3 Å². The van der Waals surface area contributed by atoms with Crippen LogP contribution in [0, 0.1) is 0 Å². The van der Waals surface area contributed by atoms with Gasteiger partial charge in [-0.25, -0.2) is 4.79 Å². The zero-order valence-electron chi connectivity index (χ0n) is 10.9. The van der Waals surface area contributed by atoms with Crippen molar-refractivity contribution in [3.63, 3.8) is 0 Å². The van der Waals surface area contributed by atoms with Gasteiger partial charge in [-0.2, -0.15) is 5.48 Å². The van der Waals surface area contributed by atoms with Crippen LogP contribution in [0.15, 0.2) is 28.7 Å². The van der Waals surface area contributed by atoms with Gasteiger partial charge in [0.05, 0.1) is 0 Å². The van der Waals surface area contributed by atoms with Crippen molar-refractivity contribution in [2.24, 2.45) is 0 Å². The van der Waals surface area contributed by atoms with Crippen LogP contribution >= 0.6 is 15.9 Å². The first-order valence-corrected chi connectivity index (χ1v) is 7.48. The highest BCUT2D eigenvalue weighted by Crippen LogP contribution is 2.11. The summed E-state index contributed by atoms with van der Waals surface area (Å²) in [5, 5.41) is 0. The maximum absolute atomic E-state index is 11.7. The number of hydroxylamine groups is 1. The molecule has 1 amide bonds. The summed E-state index contributed by atoms with van der Waals surface area (Å²) < 4.78 is 1.07. The molecule has 0 spiro atoms.